The van der Waals surface area contributed by atoms with E-state index in [0.717, 1.165) is 12.8 Å². The number of aliphatic carboxylic acids is 1. The first-order chi connectivity index (χ1) is 10.1. The van der Waals surface area contributed by atoms with Crippen molar-refractivity contribution in [2.24, 2.45) is 0 Å². The lowest BCUT2D eigenvalue weighted by molar-refractivity contribution is -0.152. The molecular weight excluding hydrogens is 277 g/mol. The largest absolute Gasteiger partial charge is 0.493 e. The number of piperidine rings is 1. The second-order valence-electron chi connectivity index (χ2n) is 4.99. The Hall–Kier alpha value is -2.11. The number of ether oxygens (including phenoxy) is 1. The molecule has 1 fully saturated rings. The average molecular weight is 295 g/mol. The van der Waals surface area contributed by atoms with Gasteiger partial charge in [-0.25, -0.2) is 9.18 Å². The third-order valence-electron chi connectivity index (χ3n) is 3.51. The van der Waals surface area contributed by atoms with Crippen LogP contribution in [0.1, 0.15) is 25.7 Å². The van der Waals surface area contributed by atoms with Crippen LogP contribution in [0.5, 0.6) is 5.75 Å². The van der Waals surface area contributed by atoms with Gasteiger partial charge in [-0.15, -0.1) is 0 Å². The molecule has 1 aromatic carbocycles. The third kappa shape index (κ3) is 4.18. The van der Waals surface area contributed by atoms with Gasteiger partial charge in [-0.2, -0.15) is 0 Å². The molecule has 6 heteroatoms. The average Bonchev–Trinajstić information content (AvgIpc) is 2.49. The highest BCUT2D eigenvalue weighted by Gasteiger charge is 2.31. The van der Waals surface area contributed by atoms with Gasteiger partial charge >= 0.3 is 5.97 Å². The number of carbonyl (C=O) groups is 2. The summed E-state index contributed by atoms with van der Waals surface area (Å²) in [4.78, 5) is 24.6. The summed E-state index contributed by atoms with van der Waals surface area (Å²) in [5.41, 5.74) is 0. The molecule has 1 aliphatic heterocycles. The Labute approximate surface area is 122 Å². The van der Waals surface area contributed by atoms with Crippen LogP contribution in [0.2, 0.25) is 0 Å². The monoisotopic (exact) mass is 295 g/mol. The maximum atomic E-state index is 12.7. The summed E-state index contributed by atoms with van der Waals surface area (Å²) in [7, 11) is 0. The molecule has 0 unspecified atom stereocenters. The molecule has 0 aliphatic carbocycles. The number of hydrogen-bond acceptors (Lipinski definition) is 3. The second kappa shape index (κ2) is 7.06. The van der Waals surface area contributed by atoms with Gasteiger partial charge in [-0.3, -0.25) is 4.79 Å². The normalized spacial score (nSPS) is 18.3. The molecule has 5 nitrogen and oxygen atoms in total. The van der Waals surface area contributed by atoms with E-state index in [1.807, 2.05) is 0 Å². The van der Waals surface area contributed by atoms with E-state index in [0.29, 0.717) is 18.7 Å². The second-order valence-corrected chi connectivity index (χ2v) is 4.99. The molecule has 114 valence electrons. The molecule has 1 aromatic rings. The van der Waals surface area contributed by atoms with Gasteiger partial charge in [0, 0.05) is 6.54 Å². The van der Waals surface area contributed by atoms with Gasteiger partial charge in [-0.05, 0) is 43.5 Å². The molecule has 1 N–H and O–H groups in total. The fourth-order valence-electron chi connectivity index (χ4n) is 2.42. The summed E-state index contributed by atoms with van der Waals surface area (Å²) < 4.78 is 18.1. The summed E-state index contributed by atoms with van der Waals surface area (Å²) in [5, 5.41) is 9.13. The summed E-state index contributed by atoms with van der Waals surface area (Å²) in [5.74, 6) is -1.04. The molecule has 1 aliphatic rings. The van der Waals surface area contributed by atoms with E-state index in [-0.39, 0.29) is 24.8 Å². The number of amides is 1. The number of carbonyl (C=O) groups excluding carboxylic acids is 1. The first-order valence-corrected chi connectivity index (χ1v) is 6.98. The maximum Gasteiger partial charge on any atom is 0.326 e. The van der Waals surface area contributed by atoms with Crippen LogP contribution in [0.4, 0.5) is 4.39 Å². The van der Waals surface area contributed by atoms with Crippen molar-refractivity contribution in [2.45, 2.75) is 31.7 Å². The van der Waals surface area contributed by atoms with Gasteiger partial charge in [0.05, 0.1) is 13.0 Å². The molecule has 1 saturated heterocycles. The van der Waals surface area contributed by atoms with Crippen LogP contribution in [0.25, 0.3) is 0 Å². The van der Waals surface area contributed by atoms with Crippen molar-refractivity contribution in [1.82, 2.24) is 4.90 Å². The number of nitrogens with zero attached hydrogens (tertiary/aromatic N) is 1. The van der Waals surface area contributed by atoms with Crippen molar-refractivity contribution in [3.8, 4) is 5.75 Å². The summed E-state index contributed by atoms with van der Waals surface area (Å²) >= 11 is 0. The first kappa shape index (κ1) is 15.3. The maximum absolute atomic E-state index is 12.7. The van der Waals surface area contributed by atoms with Gasteiger partial charge in [0.25, 0.3) is 0 Å². The van der Waals surface area contributed by atoms with Gasteiger partial charge in [0.2, 0.25) is 5.91 Å². The highest BCUT2D eigenvalue weighted by molar-refractivity contribution is 5.83. The lowest BCUT2D eigenvalue weighted by Crippen LogP contribution is -2.48. The van der Waals surface area contributed by atoms with Crippen LogP contribution in [0, 0.1) is 5.82 Å². The lowest BCUT2D eigenvalue weighted by atomic mass is 10.0. The van der Waals surface area contributed by atoms with E-state index in [9.17, 15) is 14.0 Å². The van der Waals surface area contributed by atoms with Crippen molar-refractivity contribution < 1.29 is 23.8 Å². The van der Waals surface area contributed by atoms with E-state index >= 15 is 0 Å². The zero-order chi connectivity index (χ0) is 15.2. The minimum Gasteiger partial charge on any atom is -0.493 e. The zero-order valence-corrected chi connectivity index (χ0v) is 11.6. The van der Waals surface area contributed by atoms with Crippen LogP contribution in [-0.2, 0) is 9.59 Å². The van der Waals surface area contributed by atoms with Crippen molar-refractivity contribution in [2.75, 3.05) is 13.2 Å². The number of carboxylic acids is 1. The Bertz CT molecular complexity index is 503. The van der Waals surface area contributed by atoms with Crippen molar-refractivity contribution in [1.29, 1.82) is 0 Å². The summed E-state index contributed by atoms with van der Waals surface area (Å²) in [6, 6.07) is 4.81. The zero-order valence-electron chi connectivity index (χ0n) is 11.6. The van der Waals surface area contributed by atoms with Gasteiger partial charge in [0.15, 0.2) is 0 Å². The van der Waals surface area contributed by atoms with E-state index in [2.05, 4.69) is 0 Å². The number of hydrogen-bond donors (Lipinski definition) is 1. The number of benzene rings is 1. The lowest BCUT2D eigenvalue weighted by Gasteiger charge is -2.33. The molecule has 2 rings (SSSR count). The van der Waals surface area contributed by atoms with E-state index in [1.165, 1.54) is 29.2 Å². The molecule has 1 amide bonds. The fourth-order valence-corrected chi connectivity index (χ4v) is 2.42. The molecular formula is C15H18FNO4. The summed E-state index contributed by atoms with van der Waals surface area (Å²) in [6.07, 6.45) is 2.27. The quantitative estimate of drug-likeness (QED) is 0.903. The number of likely N-dealkylation sites (tertiary alicyclic amines) is 1. The van der Waals surface area contributed by atoms with Crippen LogP contribution in [0.15, 0.2) is 24.3 Å². The standard InChI is InChI=1S/C15H18FNO4/c16-11-4-6-12(7-5-11)21-10-8-14(18)17-9-2-1-3-13(17)15(19)20/h4-7,13H,1-3,8-10H2,(H,19,20)/t13-/m1/s1. The molecule has 21 heavy (non-hydrogen) atoms. The number of halogens is 1. The van der Waals surface area contributed by atoms with Gasteiger partial charge in [0.1, 0.15) is 17.6 Å². The minimum atomic E-state index is -0.956. The molecule has 0 bridgehead atoms. The SMILES string of the molecule is O=C(O)[C@H]1CCCCN1C(=O)CCOc1ccc(F)cc1. The molecule has 0 saturated carbocycles. The van der Waals surface area contributed by atoms with Crippen LogP contribution < -0.4 is 4.74 Å². The van der Waals surface area contributed by atoms with E-state index in [1.54, 1.807) is 0 Å². The Kier molecular flexibility index (Phi) is 5.14. The Morgan fingerprint density at radius 2 is 2.00 bits per heavy atom. The van der Waals surface area contributed by atoms with Crippen LogP contribution in [-0.4, -0.2) is 41.1 Å². The Morgan fingerprint density at radius 1 is 1.29 bits per heavy atom. The Balaban J connectivity index is 1.83. The van der Waals surface area contributed by atoms with Crippen molar-refractivity contribution in [3.63, 3.8) is 0 Å². The predicted molar refractivity (Wildman–Crippen MR) is 73.5 cm³/mol. The first-order valence-electron chi connectivity index (χ1n) is 6.98. The van der Waals surface area contributed by atoms with E-state index < -0.39 is 12.0 Å². The molecule has 0 radical (unpaired) electrons. The van der Waals surface area contributed by atoms with Crippen molar-refractivity contribution >= 4 is 11.9 Å². The smallest absolute Gasteiger partial charge is 0.326 e. The van der Waals surface area contributed by atoms with Gasteiger partial charge in [-0.1, -0.05) is 0 Å². The minimum absolute atomic E-state index is 0.112. The highest BCUT2D eigenvalue weighted by Crippen LogP contribution is 2.18. The fraction of sp³-hybridized carbons (Fsp3) is 0.467. The Morgan fingerprint density at radius 3 is 2.67 bits per heavy atom. The van der Waals surface area contributed by atoms with Crippen LogP contribution >= 0.6 is 0 Å². The molecule has 1 heterocycles. The highest BCUT2D eigenvalue weighted by atomic mass is 19.1. The predicted octanol–water partition coefficient (Wildman–Crippen LogP) is 2.06. The van der Waals surface area contributed by atoms with E-state index in [4.69, 9.17) is 9.84 Å². The summed E-state index contributed by atoms with van der Waals surface area (Å²) in [6.45, 7) is 0.625. The number of rotatable bonds is 5. The third-order valence-corrected chi connectivity index (χ3v) is 3.51. The van der Waals surface area contributed by atoms with Crippen molar-refractivity contribution in [3.05, 3.63) is 30.1 Å². The number of carboxylic acid groups (broad SMARTS) is 1. The van der Waals surface area contributed by atoms with Gasteiger partial charge < -0.3 is 14.7 Å². The van der Waals surface area contributed by atoms with Crippen LogP contribution in [0.3, 0.4) is 0 Å². The molecule has 0 aromatic heterocycles. The molecule has 0 spiro atoms. The topological polar surface area (TPSA) is 66.8 Å². The molecule has 1 atom stereocenters.